The molecule has 0 heterocycles. The molecule has 0 spiro atoms. The van der Waals surface area contributed by atoms with Gasteiger partial charge >= 0.3 is 0 Å². The molecule has 2 aromatic carbocycles. The lowest BCUT2D eigenvalue weighted by Gasteiger charge is -2.08. The average Bonchev–Trinajstić information content (AvgIpc) is 2.53. The van der Waals surface area contributed by atoms with Crippen molar-refractivity contribution < 1.29 is 13.6 Å². The van der Waals surface area contributed by atoms with Crippen molar-refractivity contribution in [3.8, 4) is 0 Å². The highest BCUT2D eigenvalue weighted by molar-refractivity contribution is 9.10. The van der Waals surface area contributed by atoms with Crippen LogP contribution in [0.4, 0.5) is 8.78 Å². The second-order valence-electron chi connectivity index (χ2n) is 5.12. The third-order valence-corrected chi connectivity index (χ3v) is 5.17. The number of halogens is 3. The molecule has 0 unspecified atom stereocenters. The van der Waals surface area contributed by atoms with E-state index in [9.17, 15) is 13.6 Å². The Morgan fingerprint density at radius 3 is 2.67 bits per heavy atom. The Bertz CT molecular complexity index is 796. The highest BCUT2D eigenvalue weighted by Gasteiger charge is 2.07. The highest BCUT2D eigenvalue weighted by Crippen LogP contribution is 2.28. The quantitative estimate of drug-likeness (QED) is 0.443. The van der Waals surface area contributed by atoms with Crippen LogP contribution in [0.5, 0.6) is 0 Å². The minimum Gasteiger partial charge on any atom is -0.272 e. The lowest BCUT2D eigenvalue weighted by molar-refractivity contribution is -0.118. The number of carbonyl (C=O) groups is 1. The van der Waals surface area contributed by atoms with Gasteiger partial charge in [-0.2, -0.15) is 5.10 Å². The van der Waals surface area contributed by atoms with E-state index in [1.807, 2.05) is 26.0 Å². The van der Waals surface area contributed by atoms with Crippen LogP contribution < -0.4 is 5.43 Å². The molecule has 0 aromatic heterocycles. The van der Waals surface area contributed by atoms with Gasteiger partial charge in [0, 0.05) is 9.37 Å². The highest BCUT2D eigenvalue weighted by atomic mass is 79.9. The zero-order chi connectivity index (χ0) is 17.7. The third-order valence-electron chi connectivity index (χ3n) is 3.16. The van der Waals surface area contributed by atoms with Crippen LogP contribution in [0, 0.1) is 25.5 Å². The largest absolute Gasteiger partial charge is 0.272 e. The number of carbonyl (C=O) groups excluding carboxylic acids is 1. The number of nitrogens with zero attached hydrogens (tertiary/aromatic N) is 1. The smallest absolute Gasteiger partial charge is 0.250 e. The molecule has 0 atom stereocenters. The average molecular weight is 413 g/mol. The van der Waals surface area contributed by atoms with Crippen molar-refractivity contribution in [2.24, 2.45) is 5.10 Å². The molecule has 24 heavy (non-hydrogen) atoms. The van der Waals surface area contributed by atoms with Gasteiger partial charge in [-0.1, -0.05) is 22.0 Å². The fourth-order valence-corrected chi connectivity index (χ4v) is 3.21. The summed E-state index contributed by atoms with van der Waals surface area (Å²) in [6.07, 6.45) is 1.26. The maximum Gasteiger partial charge on any atom is 0.250 e. The van der Waals surface area contributed by atoms with Crippen LogP contribution in [0.3, 0.4) is 0 Å². The van der Waals surface area contributed by atoms with Gasteiger partial charge in [0.2, 0.25) is 5.91 Å². The van der Waals surface area contributed by atoms with Crippen LogP contribution in [-0.2, 0) is 4.79 Å². The number of benzene rings is 2. The van der Waals surface area contributed by atoms with Crippen LogP contribution in [0.15, 0.2) is 44.8 Å². The van der Waals surface area contributed by atoms with Gasteiger partial charge < -0.3 is 0 Å². The van der Waals surface area contributed by atoms with Gasteiger partial charge in [-0.3, -0.25) is 4.79 Å². The number of thioether (sulfide) groups is 1. The Labute approximate surface area is 151 Å². The first-order chi connectivity index (χ1) is 11.4. The molecule has 1 amide bonds. The van der Waals surface area contributed by atoms with Crippen molar-refractivity contribution in [2.75, 3.05) is 5.75 Å². The molecule has 0 saturated heterocycles. The zero-order valence-corrected chi connectivity index (χ0v) is 15.5. The molecular formula is C17H15BrF2N2OS. The van der Waals surface area contributed by atoms with Crippen LogP contribution in [0.2, 0.25) is 0 Å². The third kappa shape index (κ3) is 5.14. The second-order valence-corrected chi connectivity index (χ2v) is 6.99. The number of hydrazone groups is 1. The van der Waals surface area contributed by atoms with Gasteiger partial charge in [-0.05, 0) is 54.8 Å². The SMILES string of the molecule is Cc1cc(SCC(=O)NN=Cc2ccc(F)c(F)c2)c(C)cc1Br. The lowest BCUT2D eigenvalue weighted by atomic mass is 10.2. The minimum atomic E-state index is -0.957. The predicted octanol–water partition coefficient (Wildman–Crippen LogP) is 4.59. The van der Waals surface area contributed by atoms with Gasteiger partial charge in [0.25, 0.3) is 0 Å². The van der Waals surface area contributed by atoms with Gasteiger partial charge in [-0.25, -0.2) is 14.2 Å². The van der Waals surface area contributed by atoms with Crippen LogP contribution in [0.1, 0.15) is 16.7 Å². The van der Waals surface area contributed by atoms with Gasteiger partial charge in [0.05, 0.1) is 12.0 Å². The van der Waals surface area contributed by atoms with Crippen molar-refractivity contribution in [1.29, 1.82) is 0 Å². The first-order valence-electron chi connectivity index (χ1n) is 7.03. The number of aryl methyl sites for hydroxylation is 2. The fourth-order valence-electron chi connectivity index (χ4n) is 1.86. The molecule has 0 aliphatic carbocycles. The van der Waals surface area contributed by atoms with E-state index in [-0.39, 0.29) is 11.7 Å². The minimum absolute atomic E-state index is 0.205. The summed E-state index contributed by atoms with van der Waals surface area (Å²) < 4.78 is 26.9. The molecule has 2 aromatic rings. The Morgan fingerprint density at radius 1 is 1.21 bits per heavy atom. The topological polar surface area (TPSA) is 41.5 Å². The molecular weight excluding hydrogens is 398 g/mol. The normalized spacial score (nSPS) is 11.0. The summed E-state index contributed by atoms with van der Waals surface area (Å²) in [5.41, 5.74) is 4.90. The molecule has 0 radical (unpaired) electrons. The van der Waals surface area contributed by atoms with Crippen molar-refractivity contribution in [1.82, 2.24) is 5.43 Å². The summed E-state index contributed by atoms with van der Waals surface area (Å²) in [6, 6.07) is 7.41. The van der Waals surface area contributed by atoms with Crippen LogP contribution in [-0.4, -0.2) is 17.9 Å². The van der Waals surface area contributed by atoms with Crippen molar-refractivity contribution in [3.63, 3.8) is 0 Å². The first-order valence-corrected chi connectivity index (χ1v) is 8.81. The summed E-state index contributed by atoms with van der Waals surface area (Å²) >= 11 is 4.88. The van der Waals surface area contributed by atoms with Crippen molar-refractivity contribution >= 4 is 39.8 Å². The van der Waals surface area contributed by atoms with E-state index in [4.69, 9.17) is 0 Å². The number of hydrogen-bond acceptors (Lipinski definition) is 3. The predicted molar refractivity (Wildman–Crippen MR) is 96.4 cm³/mol. The molecule has 126 valence electrons. The fraction of sp³-hybridized carbons (Fsp3) is 0.176. The van der Waals surface area contributed by atoms with E-state index in [0.717, 1.165) is 32.6 Å². The molecule has 0 aliphatic rings. The van der Waals surface area contributed by atoms with E-state index in [1.54, 1.807) is 0 Å². The summed E-state index contributed by atoms with van der Waals surface area (Å²) in [5.74, 6) is -1.95. The van der Waals surface area contributed by atoms with Gasteiger partial charge in [0.15, 0.2) is 11.6 Å². The summed E-state index contributed by atoms with van der Waals surface area (Å²) in [7, 11) is 0. The van der Waals surface area contributed by atoms with Gasteiger partial charge in [0.1, 0.15) is 0 Å². The maximum absolute atomic E-state index is 13.0. The van der Waals surface area contributed by atoms with Gasteiger partial charge in [-0.15, -0.1) is 11.8 Å². The second kappa shape index (κ2) is 8.39. The standard InChI is InChI=1S/C17H15BrF2N2OS/c1-10-6-16(11(2)5-13(10)18)24-9-17(23)22-21-8-12-3-4-14(19)15(20)7-12/h3-8H,9H2,1-2H3,(H,22,23). The summed E-state index contributed by atoms with van der Waals surface area (Å²) in [5, 5.41) is 3.74. The van der Waals surface area contributed by atoms with Crippen molar-refractivity contribution in [3.05, 3.63) is 63.1 Å². The zero-order valence-electron chi connectivity index (χ0n) is 13.1. The monoisotopic (exact) mass is 412 g/mol. The van der Waals surface area contributed by atoms with Crippen molar-refractivity contribution in [2.45, 2.75) is 18.7 Å². The number of hydrogen-bond donors (Lipinski definition) is 1. The summed E-state index contributed by atoms with van der Waals surface area (Å²) in [6.45, 7) is 3.96. The van der Waals surface area contributed by atoms with E-state index in [1.165, 1.54) is 24.0 Å². The molecule has 0 aliphatic heterocycles. The van der Waals surface area contributed by atoms with Crippen LogP contribution >= 0.6 is 27.7 Å². The Hall–Kier alpha value is -1.73. The van der Waals surface area contributed by atoms with E-state index in [0.29, 0.717) is 5.56 Å². The molecule has 1 N–H and O–H groups in total. The molecule has 0 fully saturated rings. The Morgan fingerprint density at radius 2 is 1.96 bits per heavy atom. The Balaban J connectivity index is 1.88. The Kier molecular flexibility index (Phi) is 6.51. The number of rotatable bonds is 5. The summed E-state index contributed by atoms with van der Waals surface area (Å²) in [4.78, 5) is 12.8. The number of amides is 1. The molecule has 7 heteroatoms. The van der Waals surface area contributed by atoms with Crippen LogP contribution in [0.25, 0.3) is 0 Å². The van der Waals surface area contributed by atoms with E-state index >= 15 is 0 Å². The molecule has 2 rings (SSSR count). The molecule has 0 bridgehead atoms. The molecule has 3 nitrogen and oxygen atoms in total. The van der Waals surface area contributed by atoms with E-state index < -0.39 is 11.6 Å². The number of nitrogens with one attached hydrogen (secondary N) is 1. The van der Waals surface area contributed by atoms with E-state index in [2.05, 4.69) is 26.5 Å². The first kappa shape index (κ1) is 18.6. The lowest BCUT2D eigenvalue weighted by Crippen LogP contribution is -2.19. The maximum atomic E-state index is 13.0. The molecule has 0 saturated carbocycles.